The second-order valence-electron chi connectivity index (χ2n) is 8.75. The molecule has 1 aliphatic rings. The number of fused-ring (bicyclic) bond motifs is 2. The highest BCUT2D eigenvalue weighted by Gasteiger charge is 2.32. The van der Waals surface area contributed by atoms with Gasteiger partial charge in [-0.2, -0.15) is 4.31 Å². The maximum atomic E-state index is 13.2. The molecule has 1 N–H and O–H groups in total. The molecule has 2 heterocycles. The quantitative estimate of drug-likeness (QED) is 0.439. The van der Waals surface area contributed by atoms with Gasteiger partial charge in [0.1, 0.15) is 0 Å². The molecule has 1 aliphatic heterocycles. The number of hydrogen-bond acceptors (Lipinski definition) is 4. The summed E-state index contributed by atoms with van der Waals surface area (Å²) in [5.41, 5.74) is 1.85. The molecule has 0 aliphatic carbocycles. The van der Waals surface area contributed by atoms with Gasteiger partial charge in [0.05, 0.1) is 15.9 Å². The Labute approximate surface area is 199 Å². The number of aromatic nitrogens is 2. The molecule has 0 saturated carbocycles. The van der Waals surface area contributed by atoms with Crippen LogP contribution in [0, 0.1) is 5.92 Å². The fourth-order valence-corrected chi connectivity index (χ4v) is 6.17. The van der Waals surface area contributed by atoms with E-state index < -0.39 is 10.0 Å². The molecule has 0 unspecified atom stereocenters. The highest BCUT2D eigenvalue weighted by Crippen LogP contribution is 2.27. The van der Waals surface area contributed by atoms with Gasteiger partial charge in [-0.15, -0.1) is 0 Å². The van der Waals surface area contributed by atoms with Crippen molar-refractivity contribution < 1.29 is 13.2 Å². The van der Waals surface area contributed by atoms with E-state index in [9.17, 15) is 13.2 Å². The number of imidazole rings is 1. The Morgan fingerprint density at radius 1 is 1.00 bits per heavy atom. The fourth-order valence-electron chi connectivity index (χ4n) is 4.67. The van der Waals surface area contributed by atoms with Gasteiger partial charge in [0.25, 0.3) is 0 Å². The monoisotopic (exact) mass is 476 g/mol. The normalized spacial score (nSPS) is 15.7. The predicted molar refractivity (Wildman–Crippen MR) is 134 cm³/mol. The number of aryl methyl sites for hydroxylation is 1. The van der Waals surface area contributed by atoms with Crippen molar-refractivity contribution in [2.45, 2.75) is 37.6 Å². The molecule has 8 heteroatoms. The van der Waals surface area contributed by atoms with E-state index in [0.717, 1.165) is 34.8 Å². The van der Waals surface area contributed by atoms with Gasteiger partial charge in [0.2, 0.25) is 21.9 Å². The number of rotatable bonds is 6. The molecule has 0 atom stereocenters. The number of amides is 1. The van der Waals surface area contributed by atoms with E-state index in [4.69, 9.17) is 0 Å². The molecule has 176 valence electrons. The number of nitrogens with zero attached hydrogens (tertiary/aromatic N) is 3. The van der Waals surface area contributed by atoms with E-state index in [1.165, 1.54) is 4.31 Å². The fraction of sp³-hybridized carbons (Fsp3) is 0.308. The maximum Gasteiger partial charge on any atom is 0.243 e. The first kappa shape index (κ1) is 22.6. The van der Waals surface area contributed by atoms with E-state index in [2.05, 4.69) is 17.2 Å². The smallest absolute Gasteiger partial charge is 0.243 e. The number of para-hydroxylation sites is 2. The number of piperidine rings is 1. The first-order valence-electron chi connectivity index (χ1n) is 11.7. The highest BCUT2D eigenvalue weighted by molar-refractivity contribution is 7.89. The largest absolute Gasteiger partial charge is 0.310 e. The van der Waals surface area contributed by atoms with Crippen LogP contribution in [0.2, 0.25) is 0 Å². The average molecular weight is 477 g/mol. The molecule has 5 rings (SSSR count). The summed E-state index contributed by atoms with van der Waals surface area (Å²) in [6.07, 6.45) is 1.88. The molecule has 3 aromatic carbocycles. The molecule has 0 bridgehead atoms. The number of carbonyl (C=O) groups excluding carboxylic acids is 1. The Morgan fingerprint density at radius 3 is 2.47 bits per heavy atom. The minimum Gasteiger partial charge on any atom is -0.310 e. The topological polar surface area (TPSA) is 84.3 Å². The number of nitrogens with one attached hydrogen (secondary N) is 1. The molecule has 1 aromatic heterocycles. The van der Waals surface area contributed by atoms with Crippen molar-refractivity contribution in [2.75, 3.05) is 18.4 Å². The van der Waals surface area contributed by atoms with E-state index in [0.29, 0.717) is 36.8 Å². The number of carbonyl (C=O) groups is 1. The van der Waals surface area contributed by atoms with Gasteiger partial charge in [-0.1, -0.05) is 49.4 Å². The molecular formula is C26H28N4O3S. The summed E-state index contributed by atoms with van der Waals surface area (Å²) in [6, 6.07) is 20.8. The molecule has 34 heavy (non-hydrogen) atoms. The second-order valence-corrected chi connectivity index (χ2v) is 10.7. The standard InChI is InChI=1S/C26H28N4O3S/c1-2-15-30-24-10-6-5-9-23(24)27-26(30)28-25(31)20-13-16-29(17-14-20)34(32,33)22-12-11-19-7-3-4-8-21(19)18-22/h3-12,18,20H,2,13-17H2,1H3,(H,27,28,31). The van der Waals surface area contributed by atoms with Crippen LogP contribution in [0.1, 0.15) is 26.2 Å². The summed E-state index contributed by atoms with van der Waals surface area (Å²) in [6.45, 7) is 3.49. The van der Waals surface area contributed by atoms with Crippen molar-refractivity contribution in [1.82, 2.24) is 13.9 Å². The zero-order chi connectivity index (χ0) is 23.7. The van der Waals surface area contributed by atoms with E-state index >= 15 is 0 Å². The van der Waals surface area contributed by atoms with Crippen LogP contribution < -0.4 is 5.32 Å². The molecule has 1 amide bonds. The number of anilines is 1. The third kappa shape index (κ3) is 4.19. The molecular weight excluding hydrogens is 448 g/mol. The van der Waals surface area contributed by atoms with Gasteiger partial charge < -0.3 is 4.57 Å². The van der Waals surface area contributed by atoms with E-state index in [1.54, 1.807) is 12.1 Å². The van der Waals surface area contributed by atoms with Crippen molar-refractivity contribution in [3.63, 3.8) is 0 Å². The summed E-state index contributed by atoms with van der Waals surface area (Å²) in [5, 5.41) is 4.91. The van der Waals surface area contributed by atoms with Crippen LogP contribution in [-0.2, 0) is 21.4 Å². The van der Waals surface area contributed by atoms with Crippen molar-refractivity contribution in [2.24, 2.45) is 5.92 Å². The lowest BCUT2D eigenvalue weighted by Crippen LogP contribution is -2.41. The van der Waals surface area contributed by atoms with Gasteiger partial charge in [0.15, 0.2) is 0 Å². The zero-order valence-electron chi connectivity index (χ0n) is 19.1. The number of benzene rings is 3. The Balaban J connectivity index is 1.28. The first-order chi connectivity index (χ1) is 16.5. The van der Waals surface area contributed by atoms with Gasteiger partial charge in [0, 0.05) is 25.6 Å². The van der Waals surface area contributed by atoms with Crippen molar-refractivity contribution in [3.05, 3.63) is 66.7 Å². The van der Waals surface area contributed by atoms with E-state index in [1.807, 2.05) is 59.2 Å². The maximum absolute atomic E-state index is 13.2. The van der Waals surface area contributed by atoms with Gasteiger partial charge in [-0.3, -0.25) is 10.1 Å². The third-order valence-corrected chi connectivity index (χ3v) is 8.41. The minimum absolute atomic E-state index is 0.101. The lowest BCUT2D eigenvalue weighted by Gasteiger charge is -2.30. The van der Waals surface area contributed by atoms with E-state index in [-0.39, 0.29) is 11.8 Å². The number of sulfonamides is 1. The highest BCUT2D eigenvalue weighted by atomic mass is 32.2. The molecule has 7 nitrogen and oxygen atoms in total. The molecule has 0 spiro atoms. The van der Waals surface area contributed by atoms with Gasteiger partial charge in [-0.25, -0.2) is 13.4 Å². The van der Waals surface area contributed by atoms with Crippen LogP contribution in [0.15, 0.2) is 71.6 Å². The summed E-state index contributed by atoms with van der Waals surface area (Å²) in [7, 11) is -3.61. The third-order valence-electron chi connectivity index (χ3n) is 6.52. The Kier molecular flexibility index (Phi) is 6.10. The van der Waals surface area contributed by atoms with Crippen LogP contribution in [0.4, 0.5) is 5.95 Å². The lowest BCUT2D eigenvalue weighted by molar-refractivity contribution is -0.121. The lowest BCUT2D eigenvalue weighted by atomic mass is 9.97. The first-order valence-corrected chi connectivity index (χ1v) is 13.2. The van der Waals surface area contributed by atoms with Crippen LogP contribution in [0.5, 0.6) is 0 Å². The van der Waals surface area contributed by atoms with Gasteiger partial charge >= 0.3 is 0 Å². The molecule has 0 radical (unpaired) electrons. The minimum atomic E-state index is -3.61. The van der Waals surface area contributed by atoms with Crippen molar-refractivity contribution >= 4 is 43.7 Å². The van der Waals surface area contributed by atoms with Crippen LogP contribution in [0.3, 0.4) is 0 Å². The molecule has 1 fully saturated rings. The summed E-state index contributed by atoms with van der Waals surface area (Å²) >= 11 is 0. The van der Waals surface area contributed by atoms with Gasteiger partial charge in [-0.05, 0) is 54.3 Å². The van der Waals surface area contributed by atoms with Crippen LogP contribution in [0.25, 0.3) is 21.8 Å². The summed E-state index contributed by atoms with van der Waals surface area (Å²) < 4.78 is 30.0. The Morgan fingerprint density at radius 2 is 1.71 bits per heavy atom. The summed E-state index contributed by atoms with van der Waals surface area (Å²) in [5.74, 6) is 0.201. The summed E-state index contributed by atoms with van der Waals surface area (Å²) in [4.78, 5) is 17.9. The molecule has 1 saturated heterocycles. The average Bonchev–Trinajstić information content (AvgIpc) is 3.21. The predicted octanol–water partition coefficient (Wildman–Crippen LogP) is 4.64. The number of hydrogen-bond donors (Lipinski definition) is 1. The SMILES string of the molecule is CCCn1c(NC(=O)C2CCN(S(=O)(=O)c3ccc4ccccc4c3)CC2)nc2ccccc21. The Hall–Kier alpha value is -3.23. The second kappa shape index (κ2) is 9.19. The zero-order valence-corrected chi connectivity index (χ0v) is 20.0. The van der Waals surface area contributed by atoms with Crippen LogP contribution >= 0.6 is 0 Å². The Bertz CT molecular complexity index is 1450. The van der Waals surface area contributed by atoms with Crippen LogP contribution in [-0.4, -0.2) is 41.3 Å². The van der Waals surface area contributed by atoms with Crippen molar-refractivity contribution in [1.29, 1.82) is 0 Å². The molecule has 4 aromatic rings. The van der Waals surface area contributed by atoms with Crippen molar-refractivity contribution in [3.8, 4) is 0 Å².